The molecule has 24 heavy (non-hydrogen) atoms. The van der Waals surface area contributed by atoms with E-state index < -0.39 is 11.8 Å². The highest BCUT2D eigenvalue weighted by molar-refractivity contribution is 6.31. The lowest BCUT2D eigenvalue weighted by Crippen LogP contribution is -2.44. The number of hydrogen-bond donors (Lipinski definition) is 1. The Kier molecular flexibility index (Phi) is 4.15. The SMILES string of the molecule is CN1CC(=O)N(Cc2c(F)cccc2Cl)c2cc(C(=O)O)ccc21. The highest BCUT2D eigenvalue weighted by Crippen LogP contribution is 2.35. The Balaban J connectivity index is 2.08. The summed E-state index contributed by atoms with van der Waals surface area (Å²) in [6, 6.07) is 8.85. The first-order chi connectivity index (χ1) is 11.4. The van der Waals surface area contributed by atoms with Crippen molar-refractivity contribution < 1.29 is 19.1 Å². The standard InChI is InChI=1S/C17H14ClFN2O3/c1-20-9-16(22)21(8-11-12(18)3-2-4-13(11)19)15-7-10(17(23)24)5-6-14(15)20/h2-7H,8-9H2,1H3,(H,23,24). The van der Waals surface area contributed by atoms with E-state index in [4.69, 9.17) is 11.6 Å². The summed E-state index contributed by atoms with van der Waals surface area (Å²) in [5.74, 6) is -1.86. The minimum atomic E-state index is -1.10. The normalized spacial score (nSPS) is 13.9. The van der Waals surface area contributed by atoms with Gasteiger partial charge in [0, 0.05) is 17.6 Å². The second kappa shape index (κ2) is 6.13. The number of nitrogens with zero attached hydrogens (tertiary/aromatic N) is 2. The van der Waals surface area contributed by atoms with Gasteiger partial charge in [0.05, 0.1) is 30.0 Å². The molecular formula is C17H14ClFN2O3. The zero-order valence-electron chi connectivity index (χ0n) is 12.8. The van der Waals surface area contributed by atoms with Gasteiger partial charge in [-0.3, -0.25) is 4.79 Å². The quantitative estimate of drug-likeness (QED) is 0.925. The van der Waals surface area contributed by atoms with Crippen molar-refractivity contribution in [2.24, 2.45) is 0 Å². The van der Waals surface area contributed by atoms with Gasteiger partial charge in [-0.1, -0.05) is 17.7 Å². The van der Waals surface area contributed by atoms with Crippen LogP contribution in [0.4, 0.5) is 15.8 Å². The van der Waals surface area contributed by atoms with Crippen LogP contribution in [0.1, 0.15) is 15.9 Å². The summed E-state index contributed by atoms with van der Waals surface area (Å²) >= 11 is 6.05. The fraction of sp³-hybridized carbons (Fsp3) is 0.176. The minimum Gasteiger partial charge on any atom is -0.478 e. The first-order valence-electron chi connectivity index (χ1n) is 7.20. The largest absolute Gasteiger partial charge is 0.478 e. The summed E-state index contributed by atoms with van der Waals surface area (Å²) in [6.45, 7) is 0.0553. The Hall–Kier alpha value is -2.60. The number of aromatic carboxylic acids is 1. The Labute approximate surface area is 142 Å². The molecule has 0 saturated carbocycles. The third-order valence-corrected chi connectivity index (χ3v) is 4.33. The Bertz CT molecular complexity index is 820. The topological polar surface area (TPSA) is 60.9 Å². The fourth-order valence-corrected chi connectivity index (χ4v) is 2.94. The molecule has 1 amide bonds. The fourth-order valence-electron chi connectivity index (χ4n) is 2.72. The van der Waals surface area contributed by atoms with Crippen LogP contribution in [0.5, 0.6) is 0 Å². The monoisotopic (exact) mass is 348 g/mol. The van der Waals surface area contributed by atoms with Gasteiger partial charge in [-0.2, -0.15) is 0 Å². The average Bonchev–Trinajstić information content (AvgIpc) is 2.53. The van der Waals surface area contributed by atoms with E-state index in [1.807, 2.05) is 0 Å². The van der Waals surface area contributed by atoms with Gasteiger partial charge in [-0.15, -0.1) is 0 Å². The van der Waals surface area contributed by atoms with Crippen LogP contribution >= 0.6 is 11.6 Å². The van der Waals surface area contributed by atoms with Crippen molar-refractivity contribution in [3.05, 3.63) is 58.4 Å². The third-order valence-electron chi connectivity index (χ3n) is 3.98. The molecule has 0 aliphatic carbocycles. The van der Waals surface area contributed by atoms with Gasteiger partial charge in [-0.25, -0.2) is 9.18 Å². The smallest absolute Gasteiger partial charge is 0.335 e. The molecule has 1 N–H and O–H groups in total. The van der Waals surface area contributed by atoms with Gasteiger partial charge in [-0.05, 0) is 30.3 Å². The molecule has 0 fully saturated rings. The number of likely N-dealkylation sites (N-methyl/N-ethyl adjacent to an activating group) is 1. The van der Waals surface area contributed by atoms with Crippen LogP contribution in [0.3, 0.4) is 0 Å². The lowest BCUT2D eigenvalue weighted by Gasteiger charge is -2.35. The predicted molar refractivity (Wildman–Crippen MR) is 89.3 cm³/mol. The molecule has 7 heteroatoms. The number of carbonyl (C=O) groups is 2. The molecule has 1 heterocycles. The molecule has 124 valence electrons. The van der Waals surface area contributed by atoms with Crippen LogP contribution in [-0.4, -0.2) is 30.6 Å². The van der Waals surface area contributed by atoms with Crippen LogP contribution < -0.4 is 9.80 Å². The van der Waals surface area contributed by atoms with E-state index in [2.05, 4.69) is 0 Å². The number of carbonyl (C=O) groups excluding carboxylic acids is 1. The summed E-state index contributed by atoms with van der Waals surface area (Å²) < 4.78 is 14.1. The molecule has 2 aromatic carbocycles. The maximum atomic E-state index is 14.1. The molecule has 0 atom stereocenters. The van der Waals surface area contributed by atoms with Gasteiger partial charge in [0.2, 0.25) is 5.91 Å². The highest BCUT2D eigenvalue weighted by atomic mass is 35.5. The molecule has 5 nitrogen and oxygen atoms in total. The van der Waals surface area contributed by atoms with Crippen molar-refractivity contribution in [2.75, 3.05) is 23.4 Å². The van der Waals surface area contributed by atoms with Crippen molar-refractivity contribution in [1.82, 2.24) is 0 Å². The number of carboxylic acids is 1. The van der Waals surface area contributed by atoms with Crippen LogP contribution in [-0.2, 0) is 11.3 Å². The van der Waals surface area contributed by atoms with Crippen molar-refractivity contribution in [3.63, 3.8) is 0 Å². The second-order valence-corrected chi connectivity index (χ2v) is 5.95. The molecule has 2 aromatic rings. The van der Waals surface area contributed by atoms with E-state index in [-0.39, 0.29) is 35.1 Å². The predicted octanol–water partition coefficient (Wildman–Crippen LogP) is 3.16. The molecule has 0 spiro atoms. The second-order valence-electron chi connectivity index (χ2n) is 5.54. The van der Waals surface area contributed by atoms with Crippen molar-refractivity contribution >= 4 is 34.9 Å². The summed E-state index contributed by atoms with van der Waals surface area (Å²) in [6.07, 6.45) is 0. The number of carboxylic acid groups (broad SMARTS) is 1. The number of fused-ring (bicyclic) bond motifs is 1. The van der Waals surface area contributed by atoms with Gasteiger partial charge in [0.1, 0.15) is 5.82 Å². The first kappa shape index (κ1) is 16.3. The minimum absolute atomic E-state index is 0.0569. The van der Waals surface area contributed by atoms with E-state index in [0.29, 0.717) is 11.4 Å². The van der Waals surface area contributed by atoms with Gasteiger partial charge in [0.15, 0.2) is 0 Å². The zero-order chi connectivity index (χ0) is 17.4. The molecule has 0 unspecified atom stereocenters. The molecule has 0 bridgehead atoms. The van der Waals surface area contributed by atoms with E-state index in [9.17, 15) is 19.1 Å². The van der Waals surface area contributed by atoms with E-state index >= 15 is 0 Å². The maximum absolute atomic E-state index is 14.1. The third kappa shape index (κ3) is 2.80. The highest BCUT2D eigenvalue weighted by Gasteiger charge is 2.29. The van der Waals surface area contributed by atoms with Crippen LogP contribution in [0, 0.1) is 5.82 Å². The Morgan fingerprint density at radius 3 is 2.71 bits per heavy atom. The van der Waals surface area contributed by atoms with Crippen molar-refractivity contribution in [3.8, 4) is 0 Å². The number of rotatable bonds is 3. The summed E-state index contributed by atoms with van der Waals surface area (Å²) in [5.41, 5.74) is 1.38. The number of amides is 1. The van der Waals surface area contributed by atoms with E-state index in [1.165, 1.54) is 29.2 Å². The molecule has 0 aromatic heterocycles. The number of hydrogen-bond acceptors (Lipinski definition) is 3. The maximum Gasteiger partial charge on any atom is 0.335 e. The van der Waals surface area contributed by atoms with E-state index in [0.717, 1.165) is 0 Å². The zero-order valence-corrected chi connectivity index (χ0v) is 13.5. The molecule has 3 rings (SSSR count). The average molecular weight is 349 g/mol. The summed E-state index contributed by atoms with van der Waals surface area (Å²) in [5, 5.41) is 9.40. The molecule has 0 saturated heterocycles. The summed E-state index contributed by atoms with van der Waals surface area (Å²) in [7, 11) is 1.74. The molecule has 1 aliphatic heterocycles. The van der Waals surface area contributed by atoms with E-state index in [1.54, 1.807) is 24.1 Å². The summed E-state index contributed by atoms with van der Waals surface area (Å²) in [4.78, 5) is 26.8. The molecule has 1 aliphatic rings. The number of halogens is 2. The van der Waals surface area contributed by atoms with Crippen LogP contribution in [0.15, 0.2) is 36.4 Å². The Morgan fingerprint density at radius 2 is 2.04 bits per heavy atom. The first-order valence-corrected chi connectivity index (χ1v) is 7.58. The van der Waals surface area contributed by atoms with Crippen molar-refractivity contribution in [1.29, 1.82) is 0 Å². The number of anilines is 2. The van der Waals surface area contributed by atoms with Crippen LogP contribution in [0.2, 0.25) is 5.02 Å². The van der Waals surface area contributed by atoms with Gasteiger partial charge < -0.3 is 14.9 Å². The molecular weight excluding hydrogens is 335 g/mol. The van der Waals surface area contributed by atoms with Crippen LogP contribution in [0.25, 0.3) is 0 Å². The van der Waals surface area contributed by atoms with Gasteiger partial charge in [0.25, 0.3) is 0 Å². The molecule has 0 radical (unpaired) electrons. The lowest BCUT2D eigenvalue weighted by atomic mass is 10.1. The number of benzene rings is 2. The van der Waals surface area contributed by atoms with Crippen molar-refractivity contribution in [2.45, 2.75) is 6.54 Å². The van der Waals surface area contributed by atoms with Gasteiger partial charge >= 0.3 is 5.97 Å². The Morgan fingerprint density at radius 1 is 1.29 bits per heavy atom. The lowest BCUT2D eigenvalue weighted by molar-refractivity contribution is -0.117.